The number of carboxylic acid groups (broad SMARTS) is 1. The van der Waals surface area contributed by atoms with Gasteiger partial charge in [-0.15, -0.1) is 0 Å². The highest BCUT2D eigenvalue weighted by molar-refractivity contribution is 5.99. The average Bonchev–Trinajstić information content (AvgIpc) is 2.32. The number of carbonyl (C=O) groups excluding carboxylic acids is 1. The number of carbonyl (C=O) groups is 2. The molecule has 2 N–H and O–H groups in total. The molecule has 0 aromatic heterocycles. The van der Waals surface area contributed by atoms with Crippen LogP contribution in [0, 0.1) is 6.92 Å². The molecule has 0 bridgehead atoms. The van der Waals surface area contributed by atoms with Gasteiger partial charge in [0.25, 0.3) is 0 Å². The van der Waals surface area contributed by atoms with E-state index in [0.29, 0.717) is 6.54 Å². The average molecular weight is 262 g/mol. The lowest BCUT2D eigenvalue weighted by molar-refractivity contribution is -0.140. The van der Waals surface area contributed by atoms with Crippen molar-refractivity contribution < 1.29 is 14.7 Å². The minimum atomic E-state index is -0.968. The molecule has 5 nitrogen and oxygen atoms in total. The molecule has 19 heavy (non-hydrogen) atoms. The Morgan fingerprint density at radius 3 is 2.89 bits per heavy atom. The maximum atomic E-state index is 12.3. The number of amides is 1. The Kier molecular flexibility index (Phi) is 3.85. The number of nitrogens with zero attached hydrogens (tertiary/aromatic N) is 1. The van der Waals surface area contributed by atoms with Gasteiger partial charge in [-0.2, -0.15) is 0 Å². The van der Waals surface area contributed by atoms with Crippen molar-refractivity contribution in [1.29, 1.82) is 0 Å². The molecule has 0 saturated carbocycles. The highest BCUT2D eigenvalue weighted by atomic mass is 16.4. The first kappa shape index (κ1) is 13.5. The highest BCUT2D eigenvalue weighted by Gasteiger charge is 2.33. The Balaban J connectivity index is 2.24. The Labute approximate surface area is 112 Å². The second kappa shape index (κ2) is 5.40. The summed E-state index contributed by atoms with van der Waals surface area (Å²) in [6, 6.07) is 7.10. The molecule has 2 unspecified atom stereocenters. The van der Waals surface area contributed by atoms with Crippen LogP contribution in [0.1, 0.15) is 18.9 Å². The minimum Gasteiger partial charge on any atom is -0.481 e. The molecular formula is C14H18N2O3. The maximum absolute atomic E-state index is 12.3. The lowest BCUT2D eigenvalue weighted by Crippen LogP contribution is -2.59. The number of aliphatic carboxylic acids is 1. The van der Waals surface area contributed by atoms with E-state index in [0.717, 1.165) is 11.3 Å². The monoisotopic (exact) mass is 262 g/mol. The number of hydrogen-bond acceptors (Lipinski definition) is 3. The van der Waals surface area contributed by atoms with Gasteiger partial charge in [-0.1, -0.05) is 12.1 Å². The molecule has 1 aliphatic rings. The normalized spacial score (nSPS) is 23.5. The molecule has 0 aliphatic carbocycles. The molecule has 1 saturated heterocycles. The fraction of sp³-hybridized carbons (Fsp3) is 0.429. The van der Waals surface area contributed by atoms with Gasteiger partial charge in [0.15, 0.2) is 0 Å². The first-order chi connectivity index (χ1) is 8.97. The first-order valence-electron chi connectivity index (χ1n) is 6.33. The zero-order chi connectivity index (χ0) is 14.0. The molecule has 2 atom stereocenters. The van der Waals surface area contributed by atoms with Gasteiger partial charge in [0.1, 0.15) is 0 Å². The van der Waals surface area contributed by atoms with Crippen molar-refractivity contribution in [3.63, 3.8) is 0 Å². The van der Waals surface area contributed by atoms with Crippen molar-refractivity contribution >= 4 is 17.6 Å². The van der Waals surface area contributed by atoms with Crippen LogP contribution in [0.5, 0.6) is 0 Å². The lowest BCUT2D eigenvalue weighted by atomic mass is 10.1. The van der Waals surface area contributed by atoms with Gasteiger partial charge in [0, 0.05) is 18.3 Å². The van der Waals surface area contributed by atoms with E-state index in [1.165, 1.54) is 0 Å². The van der Waals surface area contributed by atoms with Gasteiger partial charge in [-0.05, 0) is 31.5 Å². The van der Waals surface area contributed by atoms with Gasteiger partial charge in [0.05, 0.1) is 12.5 Å². The van der Waals surface area contributed by atoms with E-state index in [2.05, 4.69) is 5.32 Å². The number of carboxylic acids is 1. The third-order valence-electron chi connectivity index (χ3n) is 3.20. The molecule has 1 heterocycles. The maximum Gasteiger partial charge on any atom is 0.305 e. The molecule has 1 aromatic carbocycles. The van der Waals surface area contributed by atoms with Crippen molar-refractivity contribution in [3.8, 4) is 0 Å². The number of anilines is 1. The Morgan fingerprint density at radius 2 is 2.26 bits per heavy atom. The Morgan fingerprint density at radius 1 is 1.53 bits per heavy atom. The van der Waals surface area contributed by atoms with Crippen LogP contribution in [0.4, 0.5) is 5.69 Å². The topological polar surface area (TPSA) is 69.6 Å². The van der Waals surface area contributed by atoms with Gasteiger partial charge >= 0.3 is 5.97 Å². The molecule has 102 valence electrons. The molecular weight excluding hydrogens is 244 g/mol. The van der Waals surface area contributed by atoms with Crippen LogP contribution in [0.25, 0.3) is 0 Å². The van der Waals surface area contributed by atoms with Crippen LogP contribution in [-0.2, 0) is 9.59 Å². The summed E-state index contributed by atoms with van der Waals surface area (Å²) >= 11 is 0. The van der Waals surface area contributed by atoms with Crippen molar-refractivity contribution in [2.24, 2.45) is 0 Å². The third-order valence-corrected chi connectivity index (χ3v) is 3.20. The van der Waals surface area contributed by atoms with Gasteiger partial charge in [0.2, 0.25) is 5.91 Å². The van der Waals surface area contributed by atoms with Gasteiger partial charge < -0.3 is 15.3 Å². The molecule has 1 aliphatic heterocycles. The molecule has 0 radical (unpaired) electrons. The number of nitrogens with one attached hydrogen (secondary N) is 1. The number of aryl methyl sites for hydroxylation is 1. The van der Waals surface area contributed by atoms with Crippen molar-refractivity contribution in [2.75, 3.05) is 11.4 Å². The summed E-state index contributed by atoms with van der Waals surface area (Å²) in [5.41, 5.74) is 1.90. The second-order valence-electron chi connectivity index (χ2n) is 5.01. The summed E-state index contributed by atoms with van der Waals surface area (Å²) in [5, 5.41) is 11.9. The molecule has 0 spiro atoms. The summed E-state index contributed by atoms with van der Waals surface area (Å²) in [5.74, 6) is -1.14. The fourth-order valence-corrected chi connectivity index (χ4v) is 2.37. The molecule has 1 aromatic rings. The van der Waals surface area contributed by atoms with E-state index in [1.807, 2.05) is 38.1 Å². The molecule has 1 fully saturated rings. The summed E-state index contributed by atoms with van der Waals surface area (Å²) in [6.45, 7) is 4.47. The lowest BCUT2D eigenvalue weighted by Gasteiger charge is -2.36. The first-order valence-corrected chi connectivity index (χ1v) is 6.33. The summed E-state index contributed by atoms with van der Waals surface area (Å²) < 4.78 is 0. The van der Waals surface area contributed by atoms with Crippen molar-refractivity contribution in [1.82, 2.24) is 5.32 Å². The van der Waals surface area contributed by atoms with Crippen LogP contribution in [0.2, 0.25) is 0 Å². The zero-order valence-electron chi connectivity index (χ0n) is 11.1. The quantitative estimate of drug-likeness (QED) is 0.857. The van der Waals surface area contributed by atoms with Gasteiger partial charge in [-0.3, -0.25) is 9.59 Å². The molecule has 5 heteroatoms. The molecule has 2 rings (SSSR count). The summed E-state index contributed by atoms with van der Waals surface area (Å²) in [4.78, 5) is 24.8. The predicted octanol–water partition coefficient (Wildman–Crippen LogP) is 1.16. The van der Waals surface area contributed by atoms with E-state index < -0.39 is 12.0 Å². The van der Waals surface area contributed by atoms with Crippen LogP contribution in [0.3, 0.4) is 0 Å². The fourth-order valence-electron chi connectivity index (χ4n) is 2.37. The van der Waals surface area contributed by atoms with Crippen LogP contribution >= 0.6 is 0 Å². The Hall–Kier alpha value is -1.88. The smallest absolute Gasteiger partial charge is 0.305 e. The minimum absolute atomic E-state index is 0.0718. The number of hydrogen-bond donors (Lipinski definition) is 2. The Bertz CT molecular complexity index is 501. The van der Waals surface area contributed by atoms with E-state index in [4.69, 9.17) is 5.11 Å². The standard InChI is InChI=1S/C14H18N2O3/c1-9-4-3-5-11(6-9)16-8-10(2)15-12(14(16)19)7-13(17)18/h3-6,10,12,15H,7-8H2,1-2H3,(H,17,18). The van der Waals surface area contributed by atoms with Crippen LogP contribution < -0.4 is 10.2 Å². The molecule has 1 amide bonds. The van der Waals surface area contributed by atoms with Crippen molar-refractivity contribution in [3.05, 3.63) is 29.8 Å². The number of benzene rings is 1. The van der Waals surface area contributed by atoms with E-state index in [9.17, 15) is 9.59 Å². The summed E-state index contributed by atoms with van der Waals surface area (Å²) in [7, 11) is 0. The highest BCUT2D eigenvalue weighted by Crippen LogP contribution is 2.20. The predicted molar refractivity (Wildman–Crippen MR) is 72.2 cm³/mol. The largest absolute Gasteiger partial charge is 0.481 e. The number of piperazine rings is 1. The van der Waals surface area contributed by atoms with Crippen LogP contribution in [-0.4, -0.2) is 35.6 Å². The number of rotatable bonds is 3. The van der Waals surface area contributed by atoms with E-state index in [-0.39, 0.29) is 18.4 Å². The van der Waals surface area contributed by atoms with Crippen LogP contribution in [0.15, 0.2) is 24.3 Å². The van der Waals surface area contributed by atoms with E-state index >= 15 is 0 Å². The summed E-state index contributed by atoms with van der Waals surface area (Å²) in [6.07, 6.45) is -0.189. The zero-order valence-corrected chi connectivity index (χ0v) is 11.1. The van der Waals surface area contributed by atoms with E-state index in [1.54, 1.807) is 4.90 Å². The van der Waals surface area contributed by atoms with Gasteiger partial charge in [-0.25, -0.2) is 0 Å². The SMILES string of the molecule is Cc1cccc(N2CC(C)NC(CC(=O)O)C2=O)c1. The third kappa shape index (κ3) is 3.12. The second-order valence-corrected chi connectivity index (χ2v) is 5.01. The van der Waals surface area contributed by atoms with Crippen molar-refractivity contribution in [2.45, 2.75) is 32.4 Å².